The molecule has 0 spiro atoms. The van der Waals surface area contributed by atoms with Gasteiger partial charge in [0, 0.05) is 19.3 Å². The van der Waals surface area contributed by atoms with E-state index in [2.05, 4.69) is 48.5 Å². The summed E-state index contributed by atoms with van der Waals surface area (Å²) in [6.07, 6.45) is 7.13. The fourth-order valence-electron chi connectivity index (χ4n) is 4.53. The van der Waals surface area contributed by atoms with Gasteiger partial charge in [-0.25, -0.2) is 0 Å². The minimum absolute atomic E-state index is 0.0992. The topological polar surface area (TPSA) is 78.9 Å². The number of carbonyl (C=O) groups is 3. The van der Waals surface area contributed by atoms with E-state index in [9.17, 15) is 14.4 Å². The molecule has 35 heavy (non-hydrogen) atoms. The Kier molecular flexibility index (Phi) is 16.2. The first kappa shape index (κ1) is 33.4. The molecule has 3 unspecified atom stereocenters. The Hall–Kier alpha value is -1.59. The molecule has 3 atom stereocenters. The van der Waals surface area contributed by atoms with Gasteiger partial charge in [-0.1, -0.05) is 88.0 Å². The molecule has 0 aromatic rings. The van der Waals surface area contributed by atoms with Gasteiger partial charge in [-0.2, -0.15) is 0 Å². The molecule has 0 heterocycles. The van der Waals surface area contributed by atoms with Gasteiger partial charge in [-0.05, 0) is 41.9 Å². The highest BCUT2D eigenvalue weighted by Gasteiger charge is 2.24. The summed E-state index contributed by atoms with van der Waals surface area (Å²) in [5.41, 5.74) is 0.247. The van der Waals surface area contributed by atoms with Crippen LogP contribution in [0, 0.1) is 22.7 Å². The number of carbonyl (C=O) groups excluding carboxylic acids is 3. The fraction of sp³-hybridized carbons (Fsp3) is 0.897. The summed E-state index contributed by atoms with van der Waals surface area (Å²) >= 11 is 0. The van der Waals surface area contributed by atoms with Crippen LogP contribution in [0.15, 0.2) is 0 Å². The van der Waals surface area contributed by atoms with Crippen LogP contribution in [0.4, 0.5) is 0 Å². The Labute approximate surface area is 215 Å². The first-order chi connectivity index (χ1) is 16.1. The highest BCUT2D eigenvalue weighted by molar-refractivity contribution is 5.71. The minimum Gasteiger partial charge on any atom is -0.462 e. The monoisotopic (exact) mass is 498 g/mol. The van der Waals surface area contributed by atoms with Crippen LogP contribution in [0.1, 0.15) is 127 Å². The van der Waals surface area contributed by atoms with Gasteiger partial charge in [0.25, 0.3) is 0 Å². The first-order valence-electron chi connectivity index (χ1n) is 13.6. The van der Waals surface area contributed by atoms with Crippen molar-refractivity contribution >= 4 is 17.9 Å². The molecule has 6 nitrogen and oxygen atoms in total. The molecule has 206 valence electrons. The number of esters is 3. The van der Waals surface area contributed by atoms with E-state index in [0.717, 1.165) is 38.5 Å². The first-order valence-corrected chi connectivity index (χ1v) is 13.6. The van der Waals surface area contributed by atoms with Crippen LogP contribution >= 0.6 is 0 Å². The van der Waals surface area contributed by atoms with Crippen molar-refractivity contribution in [1.82, 2.24) is 0 Å². The molecule has 0 fully saturated rings. The predicted molar refractivity (Wildman–Crippen MR) is 141 cm³/mol. The Balaban J connectivity index is 4.79. The quantitative estimate of drug-likeness (QED) is 0.119. The van der Waals surface area contributed by atoms with E-state index in [1.165, 1.54) is 6.42 Å². The van der Waals surface area contributed by atoms with Gasteiger partial charge in [-0.3, -0.25) is 14.4 Å². The predicted octanol–water partition coefficient (Wildman–Crippen LogP) is 7.27. The van der Waals surface area contributed by atoms with Crippen molar-refractivity contribution in [3.63, 3.8) is 0 Å². The zero-order valence-corrected chi connectivity index (χ0v) is 24.2. The van der Waals surface area contributed by atoms with Crippen LogP contribution in [0.5, 0.6) is 0 Å². The summed E-state index contributed by atoms with van der Waals surface area (Å²) < 4.78 is 16.4. The molecule has 0 aliphatic heterocycles. The normalized spacial score (nSPS) is 14.7. The lowest BCUT2D eigenvalue weighted by Gasteiger charge is -2.24. The van der Waals surface area contributed by atoms with Crippen LogP contribution in [0.25, 0.3) is 0 Å². The molecular weight excluding hydrogens is 444 g/mol. The van der Waals surface area contributed by atoms with Crippen LogP contribution in [-0.4, -0.2) is 37.2 Å². The lowest BCUT2D eigenvalue weighted by atomic mass is 9.84. The Morgan fingerprint density at radius 3 is 1.60 bits per heavy atom. The van der Waals surface area contributed by atoms with E-state index < -0.39 is 6.10 Å². The lowest BCUT2D eigenvalue weighted by Crippen LogP contribution is -2.32. The average Bonchev–Trinajstić information content (AvgIpc) is 2.66. The number of hydrogen-bond donors (Lipinski definition) is 0. The second kappa shape index (κ2) is 17.0. The van der Waals surface area contributed by atoms with Gasteiger partial charge in [-0.15, -0.1) is 0 Å². The highest BCUT2D eigenvalue weighted by Crippen LogP contribution is 2.27. The minimum atomic E-state index is -0.796. The lowest BCUT2D eigenvalue weighted by molar-refractivity contribution is -0.167. The molecule has 0 aliphatic carbocycles. The van der Waals surface area contributed by atoms with Gasteiger partial charge >= 0.3 is 17.9 Å². The van der Waals surface area contributed by atoms with E-state index in [0.29, 0.717) is 12.8 Å². The third-order valence-electron chi connectivity index (χ3n) is 5.59. The van der Waals surface area contributed by atoms with Gasteiger partial charge in [0.05, 0.1) is 0 Å². The fourth-order valence-corrected chi connectivity index (χ4v) is 4.53. The number of unbranched alkanes of at least 4 members (excludes halogenated alkanes) is 4. The Bertz CT molecular complexity index is 614. The van der Waals surface area contributed by atoms with Gasteiger partial charge in [0.2, 0.25) is 0 Å². The summed E-state index contributed by atoms with van der Waals surface area (Å²) in [5.74, 6) is -0.652. The summed E-state index contributed by atoms with van der Waals surface area (Å²) in [5, 5.41) is 0. The maximum atomic E-state index is 12.5. The molecule has 0 bridgehead atoms. The average molecular weight is 499 g/mol. The number of rotatable bonds is 17. The maximum absolute atomic E-state index is 12.5. The van der Waals surface area contributed by atoms with Crippen molar-refractivity contribution in [3.8, 4) is 0 Å². The van der Waals surface area contributed by atoms with Crippen LogP contribution in [0.2, 0.25) is 0 Å². The summed E-state index contributed by atoms with van der Waals surface area (Å²) in [6, 6.07) is 0. The Morgan fingerprint density at radius 1 is 0.657 bits per heavy atom. The zero-order valence-electron chi connectivity index (χ0n) is 24.2. The zero-order chi connectivity index (χ0) is 27.1. The van der Waals surface area contributed by atoms with Crippen molar-refractivity contribution in [2.45, 2.75) is 133 Å². The van der Waals surface area contributed by atoms with Gasteiger partial charge < -0.3 is 14.2 Å². The second-order valence-corrected chi connectivity index (χ2v) is 12.8. The van der Waals surface area contributed by atoms with E-state index in [1.807, 2.05) is 13.8 Å². The number of ether oxygens (including phenoxy) is 3. The van der Waals surface area contributed by atoms with Crippen LogP contribution in [0.3, 0.4) is 0 Å². The smallest absolute Gasteiger partial charge is 0.306 e. The third-order valence-corrected chi connectivity index (χ3v) is 5.59. The SMILES string of the molecule is CCCCCCCC(=O)OCC(COC(=O)CC(C)CC(C)(C)C)OC(=O)CC(C)CC(C)(C)C. The summed E-state index contributed by atoms with van der Waals surface area (Å²) in [7, 11) is 0. The summed E-state index contributed by atoms with van der Waals surface area (Å²) in [4.78, 5) is 37.0. The van der Waals surface area contributed by atoms with Crippen LogP contribution < -0.4 is 0 Å². The highest BCUT2D eigenvalue weighted by atomic mass is 16.6. The van der Waals surface area contributed by atoms with Crippen LogP contribution in [-0.2, 0) is 28.6 Å². The molecule has 0 N–H and O–H groups in total. The standard InChI is InChI=1S/C29H54O6/c1-10-11-12-13-14-15-25(30)33-20-24(35-27(32)17-23(3)19-29(7,8)9)21-34-26(31)16-22(2)18-28(4,5)6/h22-24H,10-21H2,1-9H3. The third kappa shape index (κ3) is 21.4. The molecule has 0 amide bonds. The van der Waals surface area contributed by atoms with Crippen molar-refractivity contribution in [3.05, 3.63) is 0 Å². The van der Waals surface area contributed by atoms with Crippen molar-refractivity contribution in [2.24, 2.45) is 22.7 Å². The molecule has 0 aliphatic rings. The number of hydrogen-bond acceptors (Lipinski definition) is 6. The Morgan fingerprint density at radius 2 is 1.11 bits per heavy atom. The molecule has 6 heteroatoms. The molecule has 0 rings (SSSR count). The van der Waals surface area contributed by atoms with Crippen molar-refractivity contribution in [2.75, 3.05) is 13.2 Å². The maximum Gasteiger partial charge on any atom is 0.306 e. The van der Waals surface area contributed by atoms with Gasteiger partial charge in [0.1, 0.15) is 13.2 Å². The molecule has 0 aromatic carbocycles. The molecule has 0 aromatic heterocycles. The van der Waals surface area contributed by atoms with E-state index in [1.54, 1.807) is 0 Å². The summed E-state index contributed by atoms with van der Waals surface area (Å²) in [6.45, 7) is 18.8. The van der Waals surface area contributed by atoms with E-state index in [-0.39, 0.29) is 60.2 Å². The second-order valence-electron chi connectivity index (χ2n) is 12.8. The van der Waals surface area contributed by atoms with Crippen molar-refractivity contribution < 1.29 is 28.6 Å². The molecule has 0 saturated heterocycles. The molecule has 0 radical (unpaired) electrons. The van der Waals surface area contributed by atoms with Crippen molar-refractivity contribution in [1.29, 1.82) is 0 Å². The van der Waals surface area contributed by atoms with Gasteiger partial charge in [0.15, 0.2) is 6.10 Å². The molecule has 0 saturated carbocycles. The van der Waals surface area contributed by atoms with E-state index >= 15 is 0 Å². The largest absolute Gasteiger partial charge is 0.462 e. The van der Waals surface area contributed by atoms with E-state index in [4.69, 9.17) is 14.2 Å². The molecular formula is C29H54O6.